The number of halogens is 2. The lowest BCUT2D eigenvalue weighted by molar-refractivity contribution is 0.340. The first-order chi connectivity index (χ1) is 12.0. The van der Waals surface area contributed by atoms with Crippen LogP contribution in [0.5, 0.6) is 5.75 Å². The maximum absolute atomic E-state index is 5.90. The molecule has 0 aliphatic carbocycles. The number of benzene rings is 2. The topological polar surface area (TPSA) is 63.2 Å². The van der Waals surface area contributed by atoms with E-state index in [-0.39, 0.29) is 0 Å². The smallest absolute Gasteiger partial charge is 0.140 e. The van der Waals surface area contributed by atoms with Gasteiger partial charge in [0, 0.05) is 27.1 Å². The van der Waals surface area contributed by atoms with Crippen molar-refractivity contribution in [1.82, 2.24) is 5.01 Å². The Balaban J connectivity index is 2.16. The Morgan fingerprint density at radius 2 is 1.96 bits per heavy atom. The number of likely N-dealkylation sites (N-methyl/N-ethyl adjacent to an activating group) is 1. The van der Waals surface area contributed by atoms with Gasteiger partial charge in [-0.25, -0.2) is 10.8 Å². The lowest BCUT2D eigenvalue weighted by Gasteiger charge is -2.12. The molecule has 0 unspecified atom stereocenters. The van der Waals surface area contributed by atoms with Crippen LogP contribution in [0.3, 0.4) is 0 Å². The van der Waals surface area contributed by atoms with E-state index in [2.05, 4.69) is 31.9 Å². The highest BCUT2D eigenvalue weighted by molar-refractivity contribution is 9.13. The average Bonchev–Trinajstić information content (AvgIpc) is 2.76. The molecule has 3 rings (SSSR count). The molecule has 0 fully saturated rings. The van der Waals surface area contributed by atoms with Crippen LogP contribution in [-0.4, -0.2) is 36.8 Å². The maximum Gasteiger partial charge on any atom is 0.140 e. The second-order valence-electron chi connectivity index (χ2n) is 5.55. The number of ether oxygens (including phenoxy) is 1. The minimum Gasteiger partial charge on any atom is -0.494 e. The molecule has 0 aromatic heterocycles. The molecule has 0 saturated heterocycles. The van der Waals surface area contributed by atoms with Crippen molar-refractivity contribution in [2.24, 2.45) is 15.8 Å². The second-order valence-corrected chi connectivity index (χ2v) is 7.26. The fourth-order valence-corrected chi connectivity index (χ4v) is 3.24. The van der Waals surface area contributed by atoms with Gasteiger partial charge in [-0.2, -0.15) is 0 Å². The third-order valence-electron chi connectivity index (χ3n) is 3.75. The number of hydrogen-bond donors (Lipinski definition) is 1. The molecule has 5 nitrogen and oxygen atoms in total. The van der Waals surface area contributed by atoms with Crippen molar-refractivity contribution in [3.63, 3.8) is 0 Å². The summed E-state index contributed by atoms with van der Waals surface area (Å²) in [6.45, 7) is 3.00. The molecule has 7 heteroatoms. The van der Waals surface area contributed by atoms with Crippen molar-refractivity contribution in [1.29, 1.82) is 0 Å². The molecule has 0 atom stereocenters. The molecule has 25 heavy (non-hydrogen) atoms. The van der Waals surface area contributed by atoms with Crippen LogP contribution in [0.1, 0.15) is 18.1 Å². The molecule has 1 aliphatic rings. The van der Waals surface area contributed by atoms with Crippen LogP contribution in [-0.2, 0) is 0 Å². The Kier molecular flexibility index (Phi) is 5.56. The van der Waals surface area contributed by atoms with Crippen LogP contribution in [0, 0.1) is 0 Å². The van der Waals surface area contributed by atoms with Crippen molar-refractivity contribution < 1.29 is 4.74 Å². The van der Waals surface area contributed by atoms with E-state index in [0.29, 0.717) is 19.0 Å². The molecule has 2 aromatic carbocycles. The molecule has 0 radical (unpaired) electrons. The number of fused-ring (bicyclic) bond motifs is 1. The van der Waals surface area contributed by atoms with Crippen molar-refractivity contribution in [3.8, 4) is 5.75 Å². The molecule has 2 aromatic rings. The van der Waals surface area contributed by atoms with Crippen LogP contribution < -0.4 is 10.6 Å². The van der Waals surface area contributed by atoms with Crippen LogP contribution in [0.2, 0.25) is 0 Å². The van der Waals surface area contributed by atoms with Gasteiger partial charge in [0.2, 0.25) is 0 Å². The van der Waals surface area contributed by atoms with E-state index in [1.807, 2.05) is 43.3 Å². The number of rotatable bonds is 3. The Labute approximate surface area is 163 Å². The number of hydrazine groups is 1. The molecule has 0 spiro atoms. The van der Waals surface area contributed by atoms with Gasteiger partial charge in [-0.3, -0.25) is 10.0 Å². The molecule has 1 heterocycles. The summed E-state index contributed by atoms with van der Waals surface area (Å²) in [7, 11) is 1.77. The van der Waals surface area contributed by atoms with E-state index in [9.17, 15) is 0 Å². The van der Waals surface area contributed by atoms with Crippen LogP contribution >= 0.6 is 31.9 Å². The normalized spacial score (nSPS) is 13.5. The van der Waals surface area contributed by atoms with Gasteiger partial charge in [-0.05, 0) is 63.0 Å². The third-order valence-corrected chi connectivity index (χ3v) is 5.59. The first kappa shape index (κ1) is 18.1. The van der Waals surface area contributed by atoms with Crippen molar-refractivity contribution in [2.75, 3.05) is 20.2 Å². The predicted molar refractivity (Wildman–Crippen MR) is 109 cm³/mol. The molecule has 130 valence electrons. The minimum absolute atomic E-state index is 0.408. The number of hydrogen-bond acceptors (Lipinski definition) is 5. The first-order valence-corrected chi connectivity index (χ1v) is 9.41. The van der Waals surface area contributed by atoms with E-state index < -0.39 is 0 Å². The summed E-state index contributed by atoms with van der Waals surface area (Å²) in [6.07, 6.45) is 0. The van der Waals surface area contributed by atoms with Crippen molar-refractivity contribution in [2.45, 2.75) is 6.92 Å². The highest BCUT2D eigenvalue weighted by atomic mass is 79.9. The van der Waals surface area contributed by atoms with E-state index in [1.54, 1.807) is 7.05 Å². The summed E-state index contributed by atoms with van der Waals surface area (Å²) in [5, 5.41) is 1.50. The lowest BCUT2D eigenvalue weighted by Crippen LogP contribution is -2.34. The van der Waals surface area contributed by atoms with Gasteiger partial charge >= 0.3 is 0 Å². The fraction of sp³-hybridized carbons (Fsp3) is 0.222. The van der Waals surface area contributed by atoms with E-state index in [4.69, 9.17) is 20.6 Å². The number of amidine groups is 1. The molecule has 0 amide bonds. The van der Waals surface area contributed by atoms with Gasteiger partial charge in [0.15, 0.2) is 0 Å². The van der Waals surface area contributed by atoms with Crippen LogP contribution in [0.25, 0.3) is 0 Å². The monoisotopic (exact) mass is 464 g/mol. The summed E-state index contributed by atoms with van der Waals surface area (Å²) in [6, 6.07) is 11.9. The Morgan fingerprint density at radius 1 is 1.20 bits per heavy atom. The zero-order valence-corrected chi connectivity index (χ0v) is 17.1. The summed E-state index contributed by atoms with van der Waals surface area (Å²) in [5.41, 5.74) is 3.61. The Bertz CT molecular complexity index is 862. The Hall–Kier alpha value is -1.70. The van der Waals surface area contributed by atoms with Crippen LogP contribution in [0.4, 0.5) is 5.69 Å². The molecular weight excluding hydrogens is 448 g/mol. The van der Waals surface area contributed by atoms with Gasteiger partial charge < -0.3 is 4.74 Å². The Morgan fingerprint density at radius 3 is 2.68 bits per heavy atom. The van der Waals surface area contributed by atoms with Crippen molar-refractivity contribution >= 4 is 49.1 Å². The van der Waals surface area contributed by atoms with Gasteiger partial charge in [0.1, 0.15) is 11.6 Å². The number of aliphatic imine (C=N–C) groups is 2. The molecular formula is C18H18Br2N4O. The molecule has 1 aliphatic heterocycles. The van der Waals surface area contributed by atoms with E-state index in [0.717, 1.165) is 37.2 Å². The van der Waals surface area contributed by atoms with Crippen molar-refractivity contribution in [3.05, 3.63) is 56.5 Å². The van der Waals surface area contributed by atoms with Gasteiger partial charge in [0.25, 0.3) is 0 Å². The third kappa shape index (κ3) is 3.94. The first-order valence-electron chi connectivity index (χ1n) is 7.82. The quantitative estimate of drug-likeness (QED) is 0.543. The zero-order chi connectivity index (χ0) is 18.0. The average molecular weight is 466 g/mol. The summed E-state index contributed by atoms with van der Waals surface area (Å²) in [5.74, 6) is 7.42. The highest BCUT2D eigenvalue weighted by Crippen LogP contribution is 2.34. The molecule has 0 saturated carbocycles. The van der Waals surface area contributed by atoms with Crippen LogP contribution in [0.15, 0.2) is 55.3 Å². The molecule has 0 bridgehead atoms. The SMILES string of the molecule is CCOc1cccc(C2=NCC(N(C)N)=Nc3cc(Br)c(Br)cc32)c1. The summed E-state index contributed by atoms with van der Waals surface area (Å²) in [4.78, 5) is 9.48. The second kappa shape index (κ2) is 7.68. The largest absolute Gasteiger partial charge is 0.494 e. The predicted octanol–water partition coefficient (Wildman–Crippen LogP) is 4.30. The summed E-state index contributed by atoms with van der Waals surface area (Å²) < 4.78 is 7.50. The number of nitrogens with zero attached hydrogens (tertiary/aromatic N) is 3. The van der Waals surface area contributed by atoms with E-state index in [1.165, 1.54) is 5.01 Å². The van der Waals surface area contributed by atoms with E-state index >= 15 is 0 Å². The highest BCUT2D eigenvalue weighted by Gasteiger charge is 2.19. The summed E-state index contributed by atoms with van der Waals surface area (Å²) >= 11 is 7.12. The van der Waals surface area contributed by atoms with Gasteiger partial charge in [-0.1, -0.05) is 12.1 Å². The lowest BCUT2D eigenvalue weighted by atomic mass is 10.0. The number of nitrogens with two attached hydrogens (primary N) is 1. The zero-order valence-electron chi connectivity index (χ0n) is 14.0. The molecule has 2 N–H and O–H groups in total. The van der Waals surface area contributed by atoms with Gasteiger partial charge in [-0.15, -0.1) is 0 Å². The minimum atomic E-state index is 0.408. The maximum atomic E-state index is 5.90. The van der Waals surface area contributed by atoms with Gasteiger partial charge in [0.05, 0.1) is 24.6 Å². The fourth-order valence-electron chi connectivity index (χ4n) is 2.56. The standard InChI is InChI=1S/C18H18Br2N4O/c1-3-25-12-6-4-5-11(7-12)18-13-8-14(19)15(20)9-16(13)23-17(10-22-18)24(2)21/h4-9H,3,10,21H2,1-2H3.